The van der Waals surface area contributed by atoms with Gasteiger partial charge in [-0.15, -0.1) is 0 Å². The number of thiazole rings is 1. The Bertz CT molecular complexity index is 1990. The summed E-state index contributed by atoms with van der Waals surface area (Å²) in [4.78, 5) is 34.4. The van der Waals surface area contributed by atoms with E-state index in [-0.39, 0.29) is 18.8 Å². The zero-order chi connectivity index (χ0) is 32.4. The van der Waals surface area contributed by atoms with Crippen molar-refractivity contribution < 1.29 is 19.0 Å². The van der Waals surface area contributed by atoms with Crippen molar-refractivity contribution in [3.63, 3.8) is 0 Å². The highest BCUT2D eigenvalue weighted by molar-refractivity contribution is 9.10. The van der Waals surface area contributed by atoms with E-state index in [0.29, 0.717) is 52.2 Å². The van der Waals surface area contributed by atoms with Crippen LogP contribution in [0.4, 0.5) is 5.69 Å². The van der Waals surface area contributed by atoms with E-state index >= 15 is 0 Å². The maximum atomic E-state index is 14.0. The Hall–Kier alpha value is -3.57. The first-order valence-electron chi connectivity index (χ1n) is 13.9. The number of fused-ring (bicyclic) bond motifs is 1. The molecule has 0 fully saturated rings. The number of ether oxygens (including phenoxy) is 3. The molecule has 1 atom stereocenters. The van der Waals surface area contributed by atoms with Crippen LogP contribution in [0, 0.1) is 0 Å². The molecule has 1 unspecified atom stereocenters. The van der Waals surface area contributed by atoms with Crippen LogP contribution in [-0.2, 0) is 16.1 Å². The molecule has 0 saturated carbocycles. The lowest BCUT2D eigenvalue weighted by Gasteiger charge is -2.25. The molecule has 2 heterocycles. The predicted molar refractivity (Wildman–Crippen MR) is 183 cm³/mol. The molecule has 8 nitrogen and oxygen atoms in total. The first kappa shape index (κ1) is 32.8. The Kier molecular flexibility index (Phi) is 10.1. The number of allylic oxidation sites excluding steroid dienone is 1. The van der Waals surface area contributed by atoms with Crippen molar-refractivity contribution in [3.05, 3.63) is 117 Å². The fraction of sp³-hybridized carbons (Fsp3) is 0.242. The molecule has 1 aliphatic heterocycles. The van der Waals surface area contributed by atoms with E-state index in [1.54, 1.807) is 55.9 Å². The molecule has 45 heavy (non-hydrogen) atoms. The molecule has 0 N–H and O–H groups in total. The van der Waals surface area contributed by atoms with Crippen molar-refractivity contribution in [2.24, 2.45) is 4.99 Å². The Morgan fingerprint density at radius 3 is 2.51 bits per heavy atom. The van der Waals surface area contributed by atoms with Gasteiger partial charge in [-0.1, -0.05) is 52.7 Å². The zero-order valence-corrected chi connectivity index (χ0v) is 29.1. The normalized spacial score (nSPS) is 14.6. The standard InChI is InChI=1S/C33H30BrCl2N3O5S/c1-6-43-32(41)28-18(2)37-33-39(29(28)20-8-11-23(12-9-20)38(3)4)31(40)27(45-33)15-19-13-24(34)30(26(14-19)42-5)44-17-21-7-10-22(35)16-25(21)36/h7-16,29H,6,17H2,1-5H3/b27-15+. The summed E-state index contributed by atoms with van der Waals surface area (Å²) in [7, 11) is 5.45. The number of nitrogens with zero attached hydrogens (tertiary/aromatic N) is 3. The number of carbonyl (C=O) groups is 1. The van der Waals surface area contributed by atoms with E-state index in [9.17, 15) is 9.59 Å². The number of aromatic nitrogens is 1. The van der Waals surface area contributed by atoms with Crippen molar-refractivity contribution >= 4 is 68.2 Å². The summed E-state index contributed by atoms with van der Waals surface area (Å²) in [5, 5.41) is 1.04. The summed E-state index contributed by atoms with van der Waals surface area (Å²) in [5.41, 5.74) is 3.81. The minimum Gasteiger partial charge on any atom is -0.493 e. The van der Waals surface area contributed by atoms with Crippen LogP contribution in [0.25, 0.3) is 6.08 Å². The molecule has 3 aromatic carbocycles. The molecule has 0 saturated heterocycles. The maximum Gasteiger partial charge on any atom is 0.338 e. The Balaban J connectivity index is 1.57. The number of hydrogen-bond donors (Lipinski definition) is 0. The minimum absolute atomic E-state index is 0.195. The lowest BCUT2D eigenvalue weighted by atomic mass is 9.95. The third-order valence-corrected chi connectivity index (χ3v) is 9.34. The predicted octanol–water partition coefficient (Wildman–Crippen LogP) is 6.52. The first-order valence-corrected chi connectivity index (χ1v) is 16.3. The van der Waals surface area contributed by atoms with Crippen molar-refractivity contribution in [1.29, 1.82) is 0 Å². The van der Waals surface area contributed by atoms with Crippen molar-refractivity contribution in [2.75, 3.05) is 32.7 Å². The number of carbonyl (C=O) groups excluding carboxylic acids is 1. The molecule has 234 valence electrons. The van der Waals surface area contributed by atoms with Crippen LogP contribution >= 0.6 is 50.5 Å². The fourth-order valence-corrected chi connectivity index (χ4v) is 7.05. The molecular weight excluding hydrogens is 701 g/mol. The van der Waals surface area contributed by atoms with Crippen LogP contribution in [0.2, 0.25) is 10.0 Å². The molecular formula is C33H30BrCl2N3O5S. The van der Waals surface area contributed by atoms with Gasteiger partial charge < -0.3 is 19.1 Å². The zero-order valence-electron chi connectivity index (χ0n) is 25.2. The molecule has 0 radical (unpaired) electrons. The smallest absolute Gasteiger partial charge is 0.338 e. The summed E-state index contributed by atoms with van der Waals surface area (Å²) >= 11 is 17.2. The number of benzene rings is 3. The molecule has 4 aromatic rings. The molecule has 12 heteroatoms. The summed E-state index contributed by atoms with van der Waals surface area (Å²) in [6.07, 6.45) is 1.77. The molecule has 0 bridgehead atoms. The van der Waals surface area contributed by atoms with Crippen LogP contribution in [-0.4, -0.2) is 38.3 Å². The third kappa shape index (κ3) is 6.84. The van der Waals surface area contributed by atoms with E-state index in [0.717, 1.165) is 16.8 Å². The minimum atomic E-state index is -0.699. The van der Waals surface area contributed by atoms with E-state index in [4.69, 9.17) is 37.4 Å². The summed E-state index contributed by atoms with van der Waals surface area (Å²) in [5.74, 6) is 0.449. The second kappa shape index (κ2) is 13.8. The van der Waals surface area contributed by atoms with Crippen LogP contribution < -0.4 is 29.3 Å². The number of hydrogen-bond acceptors (Lipinski definition) is 8. The van der Waals surface area contributed by atoms with Gasteiger partial charge >= 0.3 is 5.97 Å². The second-order valence-corrected chi connectivity index (χ2v) is 13.1. The van der Waals surface area contributed by atoms with Crippen LogP contribution in [0.5, 0.6) is 11.5 Å². The Morgan fingerprint density at radius 2 is 1.87 bits per heavy atom. The van der Waals surface area contributed by atoms with Gasteiger partial charge in [0.2, 0.25) is 0 Å². The van der Waals surface area contributed by atoms with Crippen molar-refractivity contribution in [2.45, 2.75) is 26.5 Å². The molecule has 0 amide bonds. The quantitative estimate of drug-likeness (QED) is 0.183. The van der Waals surface area contributed by atoms with Gasteiger partial charge in [-0.3, -0.25) is 9.36 Å². The average Bonchev–Trinajstić information content (AvgIpc) is 3.30. The Morgan fingerprint density at radius 1 is 1.13 bits per heavy atom. The van der Waals surface area contributed by atoms with E-state index in [2.05, 4.69) is 20.9 Å². The highest BCUT2D eigenvalue weighted by atomic mass is 79.9. The molecule has 1 aromatic heterocycles. The number of halogens is 3. The first-order chi connectivity index (χ1) is 21.5. The second-order valence-electron chi connectivity index (χ2n) is 10.3. The van der Waals surface area contributed by atoms with E-state index < -0.39 is 12.0 Å². The van der Waals surface area contributed by atoms with E-state index in [1.165, 1.54) is 11.3 Å². The lowest BCUT2D eigenvalue weighted by molar-refractivity contribution is -0.139. The number of methoxy groups -OCH3 is 1. The average molecular weight is 731 g/mol. The van der Waals surface area contributed by atoms with Gasteiger partial charge in [0.25, 0.3) is 5.56 Å². The van der Waals surface area contributed by atoms with Crippen LogP contribution in [0.1, 0.15) is 36.6 Å². The number of rotatable bonds is 9. The van der Waals surface area contributed by atoms with Gasteiger partial charge in [0.15, 0.2) is 16.3 Å². The maximum absolute atomic E-state index is 14.0. The van der Waals surface area contributed by atoms with Gasteiger partial charge in [0.1, 0.15) is 6.61 Å². The van der Waals surface area contributed by atoms with Crippen molar-refractivity contribution in [3.8, 4) is 11.5 Å². The van der Waals surface area contributed by atoms with Gasteiger partial charge in [0.05, 0.1) is 40.0 Å². The largest absolute Gasteiger partial charge is 0.493 e. The van der Waals surface area contributed by atoms with Gasteiger partial charge in [-0.25, -0.2) is 9.79 Å². The van der Waals surface area contributed by atoms with Gasteiger partial charge in [-0.05, 0) is 83.4 Å². The molecule has 0 aliphatic carbocycles. The number of esters is 1. The van der Waals surface area contributed by atoms with E-state index in [1.807, 2.05) is 49.3 Å². The third-order valence-electron chi connectivity index (χ3n) is 7.18. The van der Waals surface area contributed by atoms with Crippen LogP contribution in [0.3, 0.4) is 0 Å². The summed E-state index contributed by atoms with van der Waals surface area (Å²) in [6.45, 7) is 3.91. The summed E-state index contributed by atoms with van der Waals surface area (Å²) < 4.78 is 19.8. The van der Waals surface area contributed by atoms with Crippen molar-refractivity contribution in [1.82, 2.24) is 4.57 Å². The number of anilines is 1. The monoisotopic (exact) mass is 729 g/mol. The fourth-order valence-electron chi connectivity index (χ4n) is 4.96. The SMILES string of the molecule is CCOC(=O)C1=C(C)N=c2s/c(=C/c3cc(Br)c(OCc4ccc(Cl)cc4Cl)c(OC)c3)c(=O)n2C1c1ccc(N(C)C)cc1. The van der Waals surface area contributed by atoms with Gasteiger partial charge in [-0.2, -0.15) is 0 Å². The Labute approximate surface area is 282 Å². The molecule has 1 aliphatic rings. The van der Waals surface area contributed by atoms with Crippen LogP contribution in [0.15, 0.2) is 80.1 Å². The lowest BCUT2D eigenvalue weighted by Crippen LogP contribution is -2.39. The molecule has 5 rings (SSSR count). The highest BCUT2D eigenvalue weighted by Crippen LogP contribution is 2.38. The summed E-state index contributed by atoms with van der Waals surface area (Å²) in [6, 6.07) is 15.9. The topological polar surface area (TPSA) is 82.4 Å². The van der Waals surface area contributed by atoms with Gasteiger partial charge in [0, 0.05) is 35.4 Å². The highest BCUT2D eigenvalue weighted by Gasteiger charge is 2.33. The molecule has 0 spiro atoms.